The van der Waals surface area contributed by atoms with Gasteiger partial charge in [0.2, 0.25) is 5.91 Å². The Hall–Kier alpha value is -1.34. The molecule has 7 nitrogen and oxygen atoms in total. The Morgan fingerprint density at radius 3 is 2.60 bits per heavy atom. The number of hydrogen-bond acceptors (Lipinski definition) is 5. The Morgan fingerprint density at radius 1 is 1.27 bits per heavy atom. The summed E-state index contributed by atoms with van der Waals surface area (Å²) < 4.78 is 14.1. The van der Waals surface area contributed by atoms with E-state index in [1.165, 1.54) is 0 Å². The third-order valence-corrected chi connectivity index (χ3v) is 1.33. The minimum absolute atomic E-state index is 0.0417. The smallest absolute Gasteiger partial charge is 0.404 e. The fourth-order valence-electron chi connectivity index (χ4n) is 0.700. The van der Waals surface area contributed by atoms with E-state index in [9.17, 15) is 9.59 Å². The number of methoxy groups -OCH3 is 1. The molecular formula is C8H16N2O5. The van der Waals surface area contributed by atoms with E-state index in [1.807, 2.05) is 0 Å². The number of primary amides is 1. The first kappa shape index (κ1) is 13.7. The van der Waals surface area contributed by atoms with Crippen molar-refractivity contribution in [3.8, 4) is 0 Å². The van der Waals surface area contributed by atoms with Gasteiger partial charge < -0.3 is 25.3 Å². The van der Waals surface area contributed by atoms with Crippen molar-refractivity contribution >= 4 is 12.0 Å². The van der Waals surface area contributed by atoms with E-state index in [-0.39, 0.29) is 25.7 Å². The molecule has 0 aliphatic carbocycles. The van der Waals surface area contributed by atoms with E-state index < -0.39 is 6.09 Å². The van der Waals surface area contributed by atoms with Crippen LogP contribution in [0.15, 0.2) is 0 Å². The topological polar surface area (TPSA) is 99.9 Å². The Kier molecular flexibility index (Phi) is 8.40. The summed E-state index contributed by atoms with van der Waals surface area (Å²) in [6.07, 6.45) is -0.861. The first-order valence-electron chi connectivity index (χ1n) is 4.42. The van der Waals surface area contributed by atoms with E-state index in [1.54, 1.807) is 7.11 Å². The van der Waals surface area contributed by atoms with E-state index >= 15 is 0 Å². The van der Waals surface area contributed by atoms with Gasteiger partial charge in [-0.25, -0.2) is 4.79 Å². The highest BCUT2D eigenvalue weighted by molar-refractivity contribution is 5.77. The molecule has 0 unspecified atom stereocenters. The molecule has 0 atom stereocenters. The molecule has 3 N–H and O–H groups in total. The summed E-state index contributed by atoms with van der Waals surface area (Å²) in [5.41, 5.74) is 4.71. The molecule has 0 heterocycles. The highest BCUT2D eigenvalue weighted by atomic mass is 16.5. The minimum atomic E-state index is -0.861. The highest BCUT2D eigenvalue weighted by Crippen LogP contribution is 1.77. The predicted molar refractivity (Wildman–Crippen MR) is 51.2 cm³/mol. The van der Waals surface area contributed by atoms with Gasteiger partial charge in [0.25, 0.3) is 0 Å². The molecule has 0 rings (SSSR count). The highest BCUT2D eigenvalue weighted by Gasteiger charge is 2.00. The maximum atomic E-state index is 11.0. The molecule has 0 fully saturated rings. The van der Waals surface area contributed by atoms with Gasteiger partial charge in [-0.2, -0.15) is 0 Å². The zero-order chi connectivity index (χ0) is 11.5. The number of nitrogens with one attached hydrogen (secondary N) is 1. The van der Waals surface area contributed by atoms with E-state index in [0.29, 0.717) is 13.2 Å². The molecule has 0 aromatic heterocycles. The van der Waals surface area contributed by atoms with Crippen LogP contribution in [0.3, 0.4) is 0 Å². The largest absolute Gasteiger partial charge is 0.448 e. The first-order chi connectivity index (χ1) is 7.16. The predicted octanol–water partition coefficient (Wildman–Crippen LogP) is -1.14. The number of ether oxygens (including phenoxy) is 3. The van der Waals surface area contributed by atoms with Crippen molar-refractivity contribution < 1.29 is 23.8 Å². The molecule has 2 amide bonds. The van der Waals surface area contributed by atoms with Crippen LogP contribution in [0.1, 0.15) is 0 Å². The molecule has 0 aliphatic heterocycles. The fraction of sp³-hybridized carbons (Fsp3) is 0.750. The van der Waals surface area contributed by atoms with E-state index in [2.05, 4.69) is 10.1 Å². The van der Waals surface area contributed by atoms with Crippen molar-refractivity contribution in [2.45, 2.75) is 0 Å². The molecule has 88 valence electrons. The lowest BCUT2D eigenvalue weighted by Gasteiger charge is -2.05. The minimum Gasteiger partial charge on any atom is -0.448 e. The molecule has 0 saturated heterocycles. The van der Waals surface area contributed by atoms with Crippen LogP contribution in [-0.4, -0.2) is 52.1 Å². The quantitative estimate of drug-likeness (QED) is 0.504. The molecule has 0 saturated carbocycles. The molecule has 0 aromatic carbocycles. The molecule has 0 bridgehead atoms. The van der Waals surface area contributed by atoms with Gasteiger partial charge in [0, 0.05) is 7.11 Å². The lowest BCUT2D eigenvalue weighted by atomic mass is 10.6. The summed E-state index contributed by atoms with van der Waals surface area (Å²) in [6.45, 7) is 1.04. The Labute approximate surface area is 87.8 Å². The SMILES string of the molecule is COCCOCC(=O)NCCOC(N)=O. The monoisotopic (exact) mass is 220 g/mol. The molecule has 0 spiro atoms. The number of amides is 2. The lowest BCUT2D eigenvalue weighted by molar-refractivity contribution is -0.126. The zero-order valence-electron chi connectivity index (χ0n) is 8.65. The first-order valence-corrected chi connectivity index (χ1v) is 4.42. The van der Waals surface area contributed by atoms with Gasteiger partial charge in [-0.05, 0) is 0 Å². The second kappa shape index (κ2) is 9.22. The third-order valence-electron chi connectivity index (χ3n) is 1.33. The second-order valence-electron chi connectivity index (χ2n) is 2.56. The Balaban J connectivity index is 3.22. The van der Waals surface area contributed by atoms with Gasteiger partial charge in [-0.3, -0.25) is 4.79 Å². The number of carbonyl (C=O) groups is 2. The Morgan fingerprint density at radius 2 is 2.00 bits per heavy atom. The van der Waals surface area contributed by atoms with Gasteiger partial charge in [0.15, 0.2) is 0 Å². The maximum Gasteiger partial charge on any atom is 0.404 e. The van der Waals surface area contributed by atoms with Crippen LogP contribution in [0.2, 0.25) is 0 Å². The molecular weight excluding hydrogens is 204 g/mol. The summed E-state index contributed by atoms with van der Waals surface area (Å²) in [7, 11) is 1.55. The number of nitrogens with two attached hydrogens (primary N) is 1. The van der Waals surface area contributed by atoms with E-state index in [0.717, 1.165) is 0 Å². The zero-order valence-corrected chi connectivity index (χ0v) is 8.65. The summed E-state index contributed by atoms with van der Waals surface area (Å²) in [5, 5.41) is 2.48. The molecule has 0 radical (unpaired) electrons. The van der Waals surface area contributed by atoms with Crippen LogP contribution >= 0.6 is 0 Å². The van der Waals surface area contributed by atoms with Crippen molar-refractivity contribution in [3.63, 3.8) is 0 Å². The average molecular weight is 220 g/mol. The van der Waals surface area contributed by atoms with Crippen LogP contribution in [0.5, 0.6) is 0 Å². The normalized spacial score (nSPS) is 9.67. The average Bonchev–Trinajstić information content (AvgIpc) is 2.19. The summed E-state index contributed by atoms with van der Waals surface area (Å²) in [4.78, 5) is 21.1. The van der Waals surface area contributed by atoms with Crippen molar-refractivity contribution in [1.29, 1.82) is 0 Å². The van der Waals surface area contributed by atoms with Crippen molar-refractivity contribution in [3.05, 3.63) is 0 Å². The van der Waals surface area contributed by atoms with Crippen LogP contribution in [0.25, 0.3) is 0 Å². The number of rotatable bonds is 8. The third kappa shape index (κ3) is 10.6. The Bertz CT molecular complexity index is 197. The van der Waals surface area contributed by atoms with Gasteiger partial charge in [-0.1, -0.05) is 0 Å². The summed E-state index contributed by atoms with van der Waals surface area (Å²) >= 11 is 0. The van der Waals surface area contributed by atoms with Crippen LogP contribution in [-0.2, 0) is 19.0 Å². The lowest BCUT2D eigenvalue weighted by Crippen LogP contribution is -2.32. The number of carbonyl (C=O) groups excluding carboxylic acids is 2. The van der Waals surface area contributed by atoms with Gasteiger partial charge in [0.1, 0.15) is 13.2 Å². The van der Waals surface area contributed by atoms with Gasteiger partial charge in [-0.15, -0.1) is 0 Å². The van der Waals surface area contributed by atoms with Gasteiger partial charge >= 0.3 is 6.09 Å². The maximum absolute atomic E-state index is 11.0. The van der Waals surface area contributed by atoms with Crippen LogP contribution in [0, 0.1) is 0 Å². The van der Waals surface area contributed by atoms with Crippen LogP contribution < -0.4 is 11.1 Å². The fourth-order valence-corrected chi connectivity index (χ4v) is 0.700. The van der Waals surface area contributed by atoms with Crippen LogP contribution in [0.4, 0.5) is 4.79 Å². The van der Waals surface area contributed by atoms with Gasteiger partial charge in [0.05, 0.1) is 19.8 Å². The molecule has 0 aliphatic rings. The van der Waals surface area contributed by atoms with Crippen molar-refractivity contribution in [1.82, 2.24) is 5.32 Å². The summed E-state index contributed by atoms with van der Waals surface area (Å²) in [6, 6.07) is 0. The molecule has 15 heavy (non-hydrogen) atoms. The van der Waals surface area contributed by atoms with E-state index in [4.69, 9.17) is 15.2 Å². The summed E-state index contributed by atoms with van der Waals surface area (Å²) in [5.74, 6) is -0.279. The van der Waals surface area contributed by atoms with Crippen molar-refractivity contribution in [2.24, 2.45) is 5.73 Å². The molecule has 0 aromatic rings. The molecule has 7 heteroatoms. The second-order valence-corrected chi connectivity index (χ2v) is 2.56. The van der Waals surface area contributed by atoms with Crippen molar-refractivity contribution in [2.75, 3.05) is 40.1 Å². The number of hydrogen-bond donors (Lipinski definition) is 2. The standard InChI is InChI=1S/C8H16N2O5/c1-13-4-5-14-6-7(11)10-2-3-15-8(9)12/h2-6H2,1H3,(H2,9,12)(H,10,11).